The zero-order valence-electron chi connectivity index (χ0n) is 6.98. The standard InChI is InChI=1S/C9H12N3/c1-2-4-11-8(3-1)9-7-10-5-6-12-9/h5-8H,1-4H2. The molecule has 3 heteroatoms. The Kier molecular flexibility index (Phi) is 2.32. The third-order valence-electron chi connectivity index (χ3n) is 2.16. The third-order valence-corrected chi connectivity index (χ3v) is 2.16. The lowest BCUT2D eigenvalue weighted by Crippen LogP contribution is -2.21. The Morgan fingerprint density at radius 3 is 2.92 bits per heavy atom. The molecule has 0 saturated carbocycles. The van der Waals surface area contributed by atoms with E-state index >= 15 is 0 Å². The quantitative estimate of drug-likeness (QED) is 0.624. The van der Waals surface area contributed by atoms with Crippen LogP contribution in [0.4, 0.5) is 0 Å². The molecule has 1 saturated heterocycles. The first-order valence-electron chi connectivity index (χ1n) is 4.39. The molecule has 2 rings (SSSR count). The Bertz CT molecular complexity index is 229. The Morgan fingerprint density at radius 2 is 2.25 bits per heavy atom. The van der Waals surface area contributed by atoms with Gasteiger partial charge in [-0.1, -0.05) is 6.42 Å². The van der Waals surface area contributed by atoms with Gasteiger partial charge in [-0.15, -0.1) is 0 Å². The van der Waals surface area contributed by atoms with Crippen molar-refractivity contribution in [3.05, 3.63) is 24.3 Å². The molecule has 0 aromatic carbocycles. The highest BCUT2D eigenvalue weighted by molar-refractivity contribution is 5.02. The molecule has 1 aliphatic heterocycles. The summed E-state index contributed by atoms with van der Waals surface area (Å²) in [5.41, 5.74) is 1.03. The third kappa shape index (κ3) is 1.61. The van der Waals surface area contributed by atoms with E-state index in [4.69, 9.17) is 0 Å². The van der Waals surface area contributed by atoms with Crippen molar-refractivity contribution in [3.63, 3.8) is 0 Å². The van der Waals surface area contributed by atoms with Crippen LogP contribution < -0.4 is 5.32 Å². The molecule has 1 aromatic heterocycles. The van der Waals surface area contributed by atoms with E-state index in [-0.39, 0.29) is 0 Å². The predicted octanol–water partition coefficient (Wildman–Crippen LogP) is 1.31. The molecule has 2 heterocycles. The molecule has 0 amide bonds. The molecule has 1 unspecified atom stereocenters. The molecule has 0 bridgehead atoms. The largest absolute Gasteiger partial charge is 0.261 e. The monoisotopic (exact) mass is 162 g/mol. The van der Waals surface area contributed by atoms with Crippen LogP contribution in [0.5, 0.6) is 0 Å². The summed E-state index contributed by atoms with van der Waals surface area (Å²) in [6.07, 6.45) is 8.89. The van der Waals surface area contributed by atoms with Gasteiger partial charge < -0.3 is 0 Å². The van der Waals surface area contributed by atoms with Crippen molar-refractivity contribution in [2.75, 3.05) is 6.54 Å². The summed E-state index contributed by atoms with van der Waals surface area (Å²) in [6.45, 7) is 0.987. The van der Waals surface area contributed by atoms with Crippen molar-refractivity contribution in [2.45, 2.75) is 25.3 Å². The van der Waals surface area contributed by atoms with Crippen molar-refractivity contribution in [1.82, 2.24) is 15.3 Å². The van der Waals surface area contributed by atoms with Crippen molar-refractivity contribution in [1.29, 1.82) is 0 Å². The maximum Gasteiger partial charge on any atom is 0.0772 e. The summed E-state index contributed by atoms with van der Waals surface area (Å²) in [5, 5.41) is 4.50. The van der Waals surface area contributed by atoms with Crippen LogP contribution in [0.3, 0.4) is 0 Å². The molecule has 12 heavy (non-hydrogen) atoms. The van der Waals surface area contributed by atoms with Crippen LogP contribution in [0.25, 0.3) is 0 Å². The molecule has 1 fully saturated rings. The highest BCUT2D eigenvalue weighted by atomic mass is 15.0. The van der Waals surface area contributed by atoms with Crippen molar-refractivity contribution in [2.24, 2.45) is 0 Å². The van der Waals surface area contributed by atoms with Gasteiger partial charge in [-0.25, -0.2) is 5.32 Å². The molecule has 1 radical (unpaired) electrons. The molecule has 63 valence electrons. The fraction of sp³-hybridized carbons (Fsp3) is 0.556. The van der Waals surface area contributed by atoms with E-state index in [1.54, 1.807) is 12.4 Å². The first kappa shape index (κ1) is 7.68. The lowest BCUT2D eigenvalue weighted by Gasteiger charge is -2.20. The number of hydrogen-bond acceptors (Lipinski definition) is 2. The highest BCUT2D eigenvalue weighted by Crippen LogP contribution is 2.21. The maximum atomic E-state index is 4.50. The van der Waals surface area contributed by atoms with E-state index in [9.17, 15) is 0 Å². The van der Waals surface area contributed by atoms with Gasteiger partial charge in [0.2, 0.25) is 0 Å². The Labute approximate surface area is 72.2 Å². The van der Waals surface area contributed by atoms with Gasteiger partial charge in [0.1, 0.15) is 0 Å². The number of aromatic nitrogens is 2. The van der Waals surface area contributed by atoms with E-state index in [1.165, 1.54) is 12.8 Å². The summed E-state index contributed by atoms with van der Waals surface area (Å²) >= 11 is 0. The number of nitrogens with zero attached hydrogens (tertiary/aromatic N) is 3. The summed E-state index contributed by atoms with van der Waals surface area (Å²) in [4.78, 5) is 8.28. The lowest BCUT2D eigenvalue weighted by molar-refractivity contribution is 0.396. The fourth-order valence-electron chi connectivity index (χ4n) is 1.51. The van der Waals surface area contributed by atoms with E-state index < -0.39 is 0 Å². The Balaban J connectivity index is 2.08. The number of hydrogen-bond donors (Lipinski definition) is 0. The molecule has 1 atom stereocenters. The lowest BCUT2D eigenvalue weighted by atomic mass is 10.0. The van der Waals surface area contributed by atoms with Crippen LogP contribution in [0.15, 0.2) is 18.6 Å². The minimum absolute atomic E-state index is 0.312. The van der Waals surface area contributed by atoms with Gasteiger partial charge in [-0.05, 0) is 12.8 Å². The van der Waals surface area contributed by atoms with Crippen molar-refractivity contribution in [3.8, 4) is 0 Å². The zero-order valence-corrected chi connectivity index (χ0v) is 6.98. The van der Waals surface area contributed by atoms with Gasteiger partial charge in [0, 0.05) is 18.9 Å². The number of piperidine rings is 1. The molecule has 1 aromatic rings. The fourth-order valence-corrected chi connectivity index (χ4v) is 1.51. The Hall–Kier alpha value is -0.960. The van der Waals surface area contributed by atoms with Crippen LogP contribution in [0.1, 0.15) is 31.0 Å². The van der Waals surface area contributed by atoms with Gasteiger partial charge in [0.05, 0.1) is 17.9 Å². The van der Waals surface area contributed by atoms with E-state index in [2.05, 4.69) is 15.3 Å². The smallest absolute Gasteiger partial charge is 0.0772 e. The first-order chi connectivity index (χ1) is 5.97. The van der Waals surface area contributed by atoms with Gasteiger partial charge >= 0.3 is 0 Å². The van der Waals surface area contributed by atoms with Crippen LogP contribution >= 0.6 is 0 Å². The number of rotatable bonds is 1. The van der Waals surface area contributed by atoms with Crippen molar-refractivity contribution < 1.29 is 0 Å². The molecular formula is C9H12N3. The Morgan fingerprint density at radius 1 is 1.25 bits per heavy atom. The average Bonchev–Trinajstić information content (AvgIpc) is 2.21. The van der Waals surface area contributed by atoms with Crippen LogP contribution in [0.2, 0.25) is 0 Å². The van der Waals surface area contributed by atoms with E-state index in [1.807, 2.05) is 6.20 Å². The molecule has 0 aliphatic carbocycles. The summed E-state index contributed by atoms with van der Waals surface area (Å²) in [7, 11) is 0. The average molecular weight is 162 g/mol. The second-order valence-electron chi connectivity index (χ2n) is 3.05. The van der Waals surface area contributed by atoms with Crippen molar-refractivity contribution >= 4 is 0 Å². The molecule has 0 spiro atoms. The summed E-state index contributed by atoms with van der Waals surface area (Å²) in [5.74, 6) is 0. The normalized spacial score (nSPS) is 23.8. The second-order valence-corrected chi connectivity index (χ2v) is 3.05. The van der Waals surface area contributed by atoms with Crippen LogP contribution in [0, 0.1) is 0 Å². The molecule has 1 aliphatic rings. The second kappa shape index (κ2) is 3.63. The zero-order chi connectivity index (χ0) is 8.23. The maximum absolute atomic E-state index is 4.50. The molecular weight excluding hydrogens is 150 g/mol. The molecule has 3 nitrogen and oxygen atoms in total. The minimum atomic E-state index is 0.312. The topological polar surface area (TPSA) is 39.9 Å². The van der Waals surface area contributed by atoms with Gasteiger partial charge in [0.15, 0.2) is 0 Å². The van der Waals surface area contributed by atoms with E-state index in [0.717, 1.165) is 18.7 Å². The predicted molar refractivity (Wildman–Crippen MR) is 45.6 cm³/mol. The highest BCUT2D eigenvalue weighted by Gasteiger charge is 2.16. The van der Waals surface area contributed by atoms with Crippen LogP contribution in [-0.4, -0.2) is 16.5 Å². The van der Waals surface area contributed by atoms with E-state index in [0.29, 0.717) is 6.04 Å². The van der Waals surface area contributed by atoms with Gasteiger partial charge in [-0.2, -0.15) is 0 Å². The summed E-state index contributed by atoms with van der Waals surface area (Å²) < 4.78 is 0. The minimum Gasteiger partial charge on any atom is -0.261 e. The SMILES string of the molecule is c1cnc(C2CCCC[N]2)cn1. The van der Waals surface area contributed by atoms with Crippen LogP contribution in [-0.2, 0) is 0 Å². The van der Waals surface area contributed by atoms with Gasteiger partial charge in [-0.3, -0.25) is 9.97 Å². The summed E-state index contributed by atoms with van der Waals surface area (Å²) in [6, 6.07) is 0.312. The first-order valence-corrected chi connectivity index (χ1v) is 4.39. The van der Waals surface area contributed by atoms with Gasteiger partial charge in [0.25, 0.3) is 0 Å². The molecule has 0 N–H and O–H groups in total.